The number of esters is 1. The van der Waals surface area contributed by atoms with Gasteiger partial charge in [-0.25, -0.2) is 4.79 Å². The summed E-state index contributed by atoms with van der Waals surface area (Å²) in [7, 11) is 2.92. The van der Waals surface area contributed by atoms with Gasteiger partial charge in [-0.2, -0.15) is 0 Å². The molecule has 0 heterocycles. The average Bonchev–Trinajstić information content (AvgIpc) is 2.31. The van der Waals surface area contributed by atoms with Gasteiger partial charge in [0.25, 0.3) is 0 Å². The molecule has 0 saturated carbocycles. The average molecular weight is 239 g/mol. The normalized spacial score (nSPS) is 10.4. The largest absolute Gasteiger partial charge is 0.497 e. The molecule has 4 nitrogen and oxygen atoms in total. The third-order valence-electron chi connectivity index (χ3n) is 1.82. The van der Waals surface area contributed by atoms with E-state index in [2.05, 4.69) is 4.74 Å². The lowest BCUT2D eigenvalue weighted by molar-refractivity contribution is -0.134. The number of benzene rings is 1. The fourth-order valence-electron chi connectivity index (χ4n) is 0.975. The first-order valence-corrected chi connectivity index (χ1v) is 5.40. The highest BCUT2D eigenvalue weighted by atomic mass is 32.2. The number of thioether (sulfide) groups is 1. The molecule has 1 aromatic rings. The van der Waals surface area contributed by atoms with Gasteiger partial charge in [-0.1, -0.05) is 11.8 Å². The van der Waals surface area contributed by atoms with Crippen molar-refractivity contribution < 1.29 is 14.3 Å². The van der Waals surface area contributed by atoms with Crippen molar-refractivity contribution in [1.29, 1.82) is 0 Å². The van der Waals surface area contributed by atoms with Crippen molar-refractivity contribution in [3.63, 3.8) is 0 Å². The molecule has 86 valence electrons. The monoisotopic (exact) mass is 239 g/mol. The Morgan fingerprint density at radius 1 is 1.44 bits per heavy atom. The number of carbonyl (C=O) groups is 1. The number of ether oxygens (including phenoxy) is 2. The van der Waals surface area contributed by atoms with Gasteiger partial charge < -0.3 is 15.2 Å². The van der Waals surface area contributed by atoms with Crippen LogP contribution in [0.2, 0.25) is 0 Å². The van der Waals surface area contributed by atoms with Crippen LogP contribution in [0.5, 0.6) is 5.75 Å². The maximum atomic E-state index is 10.8. The Kier molecular flexibility index (Phi) is 4.72. The number of hydrogen-bond acceptors (Lipinski definition) is 5. The molecule has 1 rings (SSSR count). The Labute approximate surface area is 98.4 Å². The first-order valence-electron chi connectivity index (χ1n) is 4.52. The minimum atomic E-state index is -0.394. The summed E-state index contributed by atoms with van der Waals surface area (Å²) in [6.45, 7) is 0. The number of anilines is 1. The van der Waals surface area contributed by atoms with Crippen molar-refractivity contribution in [2.45, 2.75) is 4.90 Å². The molecule has 0 aliphatic heterocycles. The van der Waals surface area contributed by atoms with Crippen LogP contribution < -0.4 is 10.5 Å². The highest BCUT2D eigenvalue weighted by Gasteiger charge is 2.00. The number of rotatable bonds is 4. The number of hydrogen-bond donors (Lipinski definition) is 1. The molecule has 0 bridgehead atoms. The zero-order chi connectivity index (χ0) is 12.0. The van der Waals surface area contributed by atoms with Gasteiger partial charge in [0.1, 0.15) is 5.75 Å². The van der Waals surface area contributed by atoms with E-state index in [1.165, 1.54) is 24.9 Å². The predicted octanol–water partition coefficient (Wildman–Crippen LogP) is 2.06. The second kappa shape index (κ2) is 6.07. The summed E-state index contributed by atoms with van der Waals surface area (Å²) >= 11 is 1.33. The molecule has 0 radical (unpaired) electrons. The first kappa shape index (κ1) is 12.4. The summed E-state index contributed by atoms with van der Waals surface area (Å²) < 4.78 is 9.54. The molecule has 0 spiro atoms. The molecule has 0 fully saturated rings. The molecule has 5 heteroatoms. The van der Waals surface area contributed by atoms with Gasteiger partial charge in [0.2, 0.25) is 0 Å². The fourth-order valence-corrected chi connectivity index (χ4v) is 1.69. The molecular formula is C11H13NO3S. The first-order chi connectivity index (χ1) is 7.67. The summed E-state index contributed by atoms with van der Waals surface area (Å²) in [5.41, 5.74) is 6.41. The van der Waals surface area contributed by atoms with Crippen LogP contribution in [0.3, 0.4) is 0 Å². The second-order valence-corrected chi connectivity index (χ2v) is 3.80. The van der Waals surface area contributed by atoms with Crippen molar-refractivity contribution in [2.75, 3.05) is 20.0 Å². The van der Waals surface area contributed by atoms with E-state index in [-0.39, 0.29) is 0 Å². The van der Waals surface area contributed by atoms with E-state index in [1.54, 1.807) is 24.7 Å². The molecule has 2 N–H and O–H groups in total. The predicted molar refractivity (Wildman–Crippen MR) is 64.4 cm³/mol. The van der Waals surface area contributed by atoms with Crippen molar-refractivity contribution in [3.8, 4) is 5.75 Å². The van der Waals surface area contributed by atoms with Gasteiger partial charge in [0.05, 0.1) is 14.2 Å². The molecule has 0 amide bonds. The van der Waals surface area contributed by atoms with E-state index in [0.29, 0.717) is 5.69 Å². The van der Waals surface area contributed by atoms with Crippen molar-refractivity contribution in [1.82, 2.24) is 0 Å². The Bertz CT molecular complexity index is 404. The minimum absolute atomic E-state index is 0.394. The smallest absolute Gasteiger partial charge is 0.330 e. The van der Waals surface area contributed by atoms with E-state index in [4.69, 9.17) is 10.5 Å². The molecule has 0 saturated heterocycles. The molecule has 0 aromatic heterocycles. The summed E-state index contributed by atoms with van der Waals surface area (Å²) in [5.74, 6) is 0.331. The lowest BCUT2D eigenvalue weighted by Gasteiger charge is -2.05. The molecule has 0 unspecified atom stereocenters. The molecular weight excluding hydrogens is 226 g/mol. The van der Waals surface area contributed by atoms with Crippen LogP contribution in [-0.4, -0.2) is 20.2 Å². The topological polar surface area (TPSA) is 61.5 Å². The van der Waals surface area contributed by atoms with Gasteiger partial charge in [0.15, 0.2) is 0 Å². The third-order valence-corrected chi connectivity index (χ3v) is 2.70. The molecule has 0 aliphatic rings. The molecule has 16 heavy (non-hydrogen) atoms. The second-order valence-electron chi connectivity index (χ2n) is 2.85. The van der Waals surface area contributed by atoms with Crippen molar-refractivity contribution in [3.05, 3.63) is 29.7 Å². The van der Waals surface area contributed by atoms with E-state index < -0.39 is 5.97 Å². The van der Waals surface area contributed by atoms with Crippen molar-refractivity contribution >= 4 is 23.4 Å². The lowest BCUT2D eigenvalue weighted by Crippen LogP contribution is -1.93. The number of carbonyl (C=O) groups excluding carboxylic acids is 1. The zero-order valence-electron chi connectivity index (χ0n) is 9.10. The van der Waals surface area contributed by atoms with Crippen LogP contribution in [0.15, 0.2) is 34.6 Å². The van der Waals surface area contributed by atoms with Crippen LogP contribution in [0.1, 0.15) is 0 Å². The fraction of sp³-hybridized carbons (Fsp3) is 0.182. The molecule has 1 aromatic carbocycles. The Morgan fingerprint density at radius 3 is 2.81 bits per heavy atom. The standard InChI is InChI=1S/C11H13NO3S/c1-14-8-3-4-9(12)10(7-8)16-6-5-11(13)15-2/h3-7H,12H2,1-2H3. The van der Waals surface area contributed by atoms with Crippen molar-refractivity contribution in [2.24, 2.45) is 0 Å². The Morgan fingerprint density at radius 2 is 2.19 bits per heavy atom. The van der Waals surface area contributed by atoms with E-state index in [0.717, 1.165) is 10.6 Å². The lowest BCUT2D eigenvalue weighted by atomic mass is 10.3. The summed E-state index contributed by atoms with van der Waals surface area (Å²) in [6, 6.07) is 5.35. The number of nitrogens with two attached hydrogens (primary N) is 1. The zero-order valence-corrected chi connectivity index (χ0v) is 9.91. The highest BCUT2D eigenvalue weighted by molar-refractivity contribution is 8.02. The van der Waals surface area contributed by atoms with Gasteiger partial charge >= 0.3 is 5.97 Å². The van der Waals surface area contributed by atoms with Crippen LogP contribution >= 0.6 is 11.8 Å². The summed E-state index contributed by atoms with van der Waals surface area (Å²) in [5, 5.41) is 1.62. The van der Waals surface area contributed by atoms with E-state index in [1.807, 2.05) is 6.07 Å². The highest BCUT2D eigenvalue weighted by Crippen LogP contribution is 2.29. The summed E-state index contributed by atoms with van der Waals surface area (Å²) in [4.78, 5) is 11.7. The Balaban J connectivity index is 2.72. The van der Waals surface area contributed by atoms with E-state index in [9.17, 15) is 4.79 Å². The SMILES string of the molecule is COC(=O)C=CSc1cc(OC)ccc1N. The number of methoxy groups -OCH3 is 2. The van der Waals surface area contributed by atoms with Gasteiger partial charge in [-0.3, -0.25) is 0 Å². The molecule has 0 aliphatic carbocycles. The third kappa shape index (κ3) is 3.51. The summed E-state index contributed by atoms with van der Waals surface area (Å²) in [6.07, 6.45) is 1.34. The van der Waals surface area contributed by atoms with Gasteiger partial charge in [-0.05, 0) is 23.6 Å². The van der Waals surface area contributed by atoms with Gasteiger partial charge in [0, 0.05) is 16.7 Å². The van der Waals surface area contributed by atoms with Crippen LogP contribution in [0.25, 0.3) is 0 Å². The Hall–Kier alpha value is -1.62. The van der Waals surface area contributed by atoms with Gasteiger partial charge in [-0.15, -0.1) is 0 Å². The number of nitrogen functional groups attached to an aromatic ring is 1. The minimum Gasteiger partial charge on any atom is -0.497 e. The van der Waals surface area contributed by atoms with E-state index >= 15 is 0 Å². The van der Waals surface area contributed by atoms with Crippen LogP contribution in [0, 0.1) is 0 Å². The maximum Gasteiger partial charge on any atom is 0.330 e. The maximum absolute atomic E-state index is 10.8. The van der Waals surface area contributed by atoms with Crippen LogP contribution in [-0.2, 0) is 9.53 Å². The molecule has 0 atom stereocenters. The quantitative estimate of drug-likeness (QED) is 0.377. The van der Waals surface area contributed by atoms with Crippen LogP contribution in [0.4, 0.5) is 5.69 Å².